The van der Waals surface area contributed by atoms with Crippen LogP contribution in [-0.2, 0) is 6.61 Å². The van der Waals surface area contributed by atoms with E-state index in [1.165, 1.54) is 19.2 Å². The monoisotopic (exact) mass is 624 g/mol. The van der Waals surface area contributed by atoms with Crippen LogP contribution in [0.2, 0.25) is 5.02 Å². The third-order valence-corrected chi connectivity index (χ3v) is 8.07. The van der Waals surface area contributed by atoms with Crippen molar-refractivity contribution in [3.63, 3.8) is 0 Å². The van der Waals surface area contributed by atoms with Crippen LogP contribution < -0.4 is 24.7 Å². The van der Waals surface area contributed by atoms with Crippen LogP contribution in [0.3, 0.4) is 0 Å². The van der Waals surface area contributed by atoms with Gasteiger partial charge in [-0.25, -0.2) is 9.18 Å². The van der Waals surface area contributed by atoms with Gasteiger partial charge in [0.25, 0.3) is 0 Å². The Morgan fingerprint density at radius 2 is 1.87 bits per heavy atom. The molecule has 0 fully saturated rings. The first-order valence-electron chi connectivity index (χ1n) is 13.9. The number of carbonyl (C=O) groups excluding carboxylic acids is 1. The van der Waals surface area contributed by atoms with Gasteiger partial charge in [0, 0.05) is 33.2 Å². The first-order chi connectivity index (χ1) is 21.7. The zero-order valence-corrected chi connectivity index (χ0v) is 25.2. The van der Waals surface area contributed by atoms with E-state index in [4.69, 9.17) is 40.7 Å². The predicted molar refractivity (Wildman–Crippen MR) is 165 cm³/mol. The molecular formula is C35H26ClFN2O6. The highest BCUT2D eigenvalue weighted by Crippen LogP contribution is 2.45. The Kier molecular flexibility index (Phi) is 7.83. The summed E-state index contributed by atoms with van der Waals surface area (Å²) in [7, 11) is 1.49. The molecule has 0 aliphatic carbocycles. The average molecular weight is 625 g/mol. The van der Waals surface area contributed by atoms with Gasteiger partial charge in [-0.1, -0.05) is 41.9 Å². The molecule has 10 heteroatoms. The van der Waals surface area contributed by atoms with E-state index < -0.39 is 11.9 Å². The molecule has 1 atom stereocenters. The van der Waals surface area contributed by atoms with Gasteiger partial charge in [-0.3, -0.25) is 0 Å². The number of furan rings is 1. The molecule has 0 saturated heterocycles. The largest absolute Gasteiger partial charge is 0.493 e. The smallest absolute Gasteiger partial charge is 0.379 e. The second-order valence-electron chi connectivity index (χ2n) is 10.5. The number of nitrogens with two attached hydrogens (primary N) is 1. The van der Waals surface area contributed by atoms with Gasteiger partial charge in [0.2, 0.25) is 11.6 Å². The maximum absolute atomic E-state index is 14.1. The van der Waals surface area contributed by atoms with Gasteiger partial charge < -0.3 is 29.1 Å². The van der Waals surface area contributed by atoms with E-state index >= 15 is 0 Å². The lowest BCUT2D eigenvalue weighted by Crippen LogP contribution is -2.21. The van der Waals surface area contributed by atoms with E-state index in [1.807, 2.05) is 6.92 Å². The Hall–Kier alpha value is -5.46. The van der Waals surface area contributed by atoms with Gasteiger partial charge in [0.1, 0.15) is 41.1 Å². The lowest BCUT2D eigenvalue weighted by molar-refractivity contribution is 0.0702. The van der Waals surface area contributed by atoms with Crippen molar-refractivity contribution in [1.29, 1.82) is 5.26 Å². The Balaban J connectivity index is 1.29. The number of halogens is 2. The minimum Gasteiger partial charge on any atom is -0.493 e. The highest BCUT2D eigenvalue weighted by Gasteiger charge is 2.32. The molecule has 226 valence electrons. The first kappa shape index (κ1) is 29.6. The quantitative estimate of drug-likeness (QED) is 0.144. The lowest BCUT2D eigenvalue weighted by Gasteiger charge is -2.27. The minimum absolute atomic E-state index is 0.00121. The van der Waals surface area contributed by atoms with Crippen LogP contribution in [0.25, 0.3) is 11.0 Å². The summed E-state index contributed by atoms with van der Waals surface area (Å²) in [6.45, 7) is 3.61. The lowest BCUT2D eigenvalue weighted by atomic mass is 9.83. The zero-order valence-electron chi connectivity index (χ0n) is 24.4. The van der Waals surface area contributed by atoms with Crippen molar-refractivity contribution in [3.8, 4) is 29.1 Å². The summed E-state index contributed by atoms with van der Waals surface area (Å²) in [4.78, 5) is 13.1. The first-order valence-corrected chi connectivity index (χ1v) is 14.2. The molecule has 45 heavy (non-hydrogen) atoms. The van der Waals surface area contributed by atoms with Gasteiger partial charge in [-0.2, -0.15) is 5.26 Å². The van der Waals surface area contributed by atoms with Crippen molar-refractivity contribution in [2.45, 2.75) is 26.4 Å². The maximum atomic E-state index is 14.1. The number of allylic oxidation sites excluding steroid dienone is 1. The van der Waals surface area contributed by atoms with Gasteiger partial charge in [-0.15, -0.1) is 0 Å². The molecule has 2 N–H and O–H groups in total. The molecule has 0 radical (unpaired) electrons. The average Bonchev–Trinajstić information content (AvgIpc) is 3.34. The molecular weight excluding hydrogens is 599 g/mol. The third-order valence-electron chi connectivity index (χ3n) is 7.67. The molecule has 1 aliphatic rings. The highest BCUT2D eigenvalue weighted by atomic mass is 35.5. The summed E-state index contributed by atoms with van der Waals surface area (Å²) in [5.41, 5.74) is 10.0. The van der Waals surface area contributed by atoms with Gasteiger partial charge in [0.05, 0.1) is 13.0 Å². The maximum Gasteiger partial charge on any atom is 0.379 e. The van der Waals surface area contributed by atoms with Gasteiger partial charge >= 0.3 is 5.97 Å². The van der Waals surface area contributed by atoms with Crippen LogP contribution >= 0.6 is 11.6 Å². The molecule has 6 rings (SSSR count). The van der Waals surface area contributed by atoms with Crippen molar-refractivity contribution in [1.82, 2.24) is 0 Å². The number of fused-ring (bicyclic) bond motifs is 2. The Bertz CT molecular complexity index is 2060. The molecule has 1 aromatic heterocycles. The van der Waals surface area contributed by atoms with Crippen molar-refractivity contribution >= 4 is 28.5 Å². The zero-order chi connectivity index (χ0) is 31.8. The van der Waals surface area contributed by atoms with E-state index in [-0.39, 0.29) is 35.4 Å². The Morgan fingerprint density at radius 1 is 1.07 bits per heavy atom. The SMILES string of the molecule is COc1cc(C2C(C#N)=C(N)Oc3cc(OC(=O)c4oc5cc(C)c(Cl)cc5c4C)ccc32)ccc1OCc1ccccc1F. The van der Waals surface area contributed by atoms with Crippen LogP contribution in [0, 0.1) is 31.0 Å². The minimum atomic E-state index is -0.693. The number of benzene rings is 4. The van der Waals surface area contributed by atoms with E-state index in [0.29, 0.717) is 50.1 Å². The van der Waals surface area contributed by atoms with Crippen LogP contribution in [0.5, 0.6) is 23.0 Å². The molecule has 2 heterocycles. The molecule has 1 unspecified atom stereocenters. The van der Waals surface area contributed by atoms with Crippen molar-refractivity contribution in [2.75, 3.05) is 7.11 Å². The number of carbonyl (C=O) groups is 1. The topological polar surface area (TPSA) is 117 Å². The number of methoxy groups -OCH3 is 1. The summed E-state index contributed by atoms with van der Waals surface area (Å²) in [6.07, 6.45) is 0. The van der Waals surface area contributed by atoms with E-state index in [9.17, 15) is 14.4 Å². The fraction of sp³-hybridized carbons (Fsp3) is 0.143. The van der Waals surface area contributed by atoms with Crippen molar-refractivity contribution in [2.24, 2.45) is 5.73 Å². The van der Waals surface area contributed by atoms with Crippen molar-refractivity contribution < 1.29 is 32.5 Å². The van der Waals surface area contributed by atoms with E-state index in [0.717, 1.165) is 10.9 Å². The number of nitriles is 1. The standard InChI is InChI=1S/C35H26ClFN2O6/c1-18-12-29-24(15-26(18)36)19(2)33(44-29)35(40)43-22-9-10-23-30(14-22)45-34(39)25(16-38)32(23)20-8-11-28(31(13-20)41-3)42-17-21-6-4-5-7-27(21)37/h4-15,32H,17,39H2,1-3H3. The molecule has 0 amide bonds. The van der Waals surface area contributed by atoms with Crippen LogP contribution in [0.15, 0.2) is 88.7 Å². The Morgan fingerprint density at radius 3 is 2.62 bits per heavy atom. The Labute approximate surface area is 262 Å². The van der Waals surface area contributed by atoms with Crippen molar-refractivity contribution in [3.05, 3.63) is 129 Å². The molecule has 5 aromatic rings. The summed E-state index contributed by atoms with van der Waals surface area (Å²) in [6, 6.07) is 22.1. The van der Waals surface area contributed by atoms with Gasteiger partial charge in [0.15, 0.2) is 11.5 Å². The molecule has 4 aromatic carbocycles. The van der Waals surface area contributed by atoms with E-state index in [2.05, 4.69) is 6.07 Å². The normalized spacial score (nSPS) is 14.0. The van der Waals surface area contributed by atoms with Crippen LogP contribution in [0.4, 0.5) is 4.39 Å². The van der Waals surface area contributed by atoms with E-state index in [1.54, 1.807) is 67.6 Å². The number of nitrogens with zero attached hydrogens (tertiary/aromatic N) is 1. The number of hydrogen-bond donors (Lipinski definition) is 1. The highest BCUT2D eigenvalue weighted by molar-refractivity contribution is 6.32. The van der Waals surface area contributed by atoms with Crippen LogP contribution in [-0.4, -0.2) is 13.1 Å². The molecule has 0 bridgehead atoms. The summed E-state index contributed by atoms with van der Waals surface area (Å²) < 4.78 is 42.8. The molecule has 1 aliphatic heterocycles. The molecule has 0 saturated carbocycles. The molecule has 8 nitrogen and oxygen atoms in total. The number of aryl methyl sites for hydroxylation is 2. The number of ether oxygens (including phenoxy) is 4. The number of esters is 1. The summed E-state index contributed by atoms with van der Waals surface area (Å²) >= 11 is 6.27. The summed E-state index contributed by atoms with van der Waals surface area (Å²) in [5, 5.41) is 11.3. The predicted octanol–water partition coefficient (Wildman–Crippen LogP) is 7.87. The third kappa shape index (κ3) is 5.52. The number of hydrogen-bond acceptors (Lipinski definition) is 8. The van der Waals surface area contributed by atoms with Gasteiger partial charge in [-0.05, 0) is 61.4 Å². The summed E-state index contributed by atoms with van der Waals surface area (Å²) in [5.74, 6) is -0.437. The second-order valence-corrected chi connectivity index (χ2v) is 10.9. The number of rotatable bonds is 7. The second kappa shape index (κ2) is 11.9. The fourth-order valence-corrected chi connectivity index (χ4v) is 5.45. The van der Waals surface area contributed by atoms with Crippen LogP contribution in [0.1, 0.15) is 44.3 Å². The fourth-order valence-electron chi connectivity index (χ4n) is 5.29. The molecule has 0 spiro atoms.